The lowest BCUT2D eigenvalue weighted by molar-refractivity contribution is 0.0343. The number of halogens is 1. The highest BCUT2D eigenvalue weighted by atomic mass is 19.1. The number of aromatic carboxylic acids is 1. The molecule has 3 aromatic carbocycles. The van der Waals surface area contributed by atoms with Gasteiger partial charge < -0.3 is 19.8 Å². The first-order valence-electron chi connectivity index (χ1n) is 12.1. The number of nitrogens with zero attached hydrogens (tertiary/aromatic N) is 1. The monoisotopic (exact) mass is 493 g/mol. The average Bonchev–Trinajstić information content (AvgIpc) is 3.54. The van der Waals surface area contributed by atoms with E-state index >= 15 is 4.39 Å². The summed E-state index contributed by atoms with van der Waals surface area (Å²) in [5, 5.41) is 11.8. The van der Waals surface area contributed by atoms with Gasteiger partial charge in [-0.15, -0.1) is 0 Å². The zero-order chi connectivity index (χ0) is 25.4. The maximum atomic E-state index is 15.0. The molecule has 0 atom stereocenters. The van der Waals surface area contributed by atoms with Crippen molar-refractivity contribution in [3.05, 3.63) is 95.1 Å². The molecule has 0 amide bonds. The Morgan fingerprint density at radius 1 is 1.00 bits per heavy atom. The maximum Gasteiger partial charge on any atom is 0.336 e. The SMILES string of the molecule is O=C(O)c1cccc(C#Cc2cc3c(CN4CCOCC4)c[nH]c3cc2F)c1-c1ccc2cc[nH]c2c1. The lowest BCUT2D eigenvalue weighted by atomic mass is 9.93. The van der Waals surface area contributed by atoms with E-state index in [0.29, 0.717) is 24.3 Å². The number of morpholine rings is 1. The molecule has 0 saturated carbocycles. The van der Waals surface area contributed by atoms with Gasteiger partial charge in [-0.2, -0.15) is 0 Å². The van der Waals surface area contributed by atoms with Gasteiger partial charge in [0, 0.05) is 59.6 Å². The zero-order valence-corrected chi connectivity index (χ0v) is 20.0. The quantitative estimate of drug-likeness (QED) is 0.294. The number of aromatic nitrogens is 2. The zero-order valence-electron chi connectivity index (χ0n) is 20.0. The van der Waals surface area contributed by atoms with Crippen LogP contribution in [-0.4, -0.2) is 52.2 Å². The Morgan fingerprint density at radius 3 is 2.68 bits per heavy atom. The number of carboxylic acid groups (broad SMARTS) is 1. The highest BCUT2D eigenvalue weighted by Gasteiger charge is 2.17. The molecule has 0 aliphatic carbocycles. The molecule has 6 rings (SSSR count). The third-order valence-electron chi connectivity index (χ3n) is 6.82. The van der Waals surface area contributed by atoms with E-state index in [2.05, 4.69) is 26.7 Å². The number of ether oxygens (including phenoxy) is 1. The van der Waals surface area contributed by atoms with Crippen molar-refractivity contribution in [1.82, 2.24) is 14.9 Å². The standard InChI is InChI=1S/C30H24FN3O3/c31-26-16-28-25(23(17-33-28)18-34-10-12-37-13-11-34)14-21(26)6-5-20-2-1-3-24(30(35)36)29(20)22-7-4-19-8-9-32-27(19)15-22/h1-4,7-9,14-17,32-33H,10-13,18H2,(H,35,36). The first kappa shape index (κ1) is 23.0. The number of nitrogens with one attached hydrogen (secondary N) is 2. The van der Waals surface area contributed by atoms with Gasteiger partial charge in [-0.05, 0) is 52.9 Å². The summed E-state index contributed by atoms with van der Waals surface area (Å²) in [6.07, 6.45) is 3.76. The molecule has 37 heavy (non-hydrogen) atoms. The largest absolute Gasteiger partial charge is 0.478 e. The molecule has 3 N–H and O–H groups in total. The second kappa shape index (κ2) is 9.58. The molecule has 5 aromatic rings. The fourth-order valence-electron chi connectivity index (χ4n) is 4.91. The van der Waals surface area contributed by atoms with Crippen molar-refractivity contribution in [2.45, 2.75) is 6.54 Å². The number of carbonyl (C=O) groups is 1. The molecule has 2 aromatic heterocycles. The van der Waals surface area contributed by atoms with Crippen molar-refractivity contribution >= 4 is 27.8 Å². The van der Waals surface area contributed by atoms with E-state index in [1.54, 1.807) is 24.3 Å². The van der Waals surface area contributed by atoms with Gasteiger partial charge in [0.1, 0.15) is 5.82 Å². The Balaban J connectivity index is 1.42. The van der Waals surface area contributed by atoms with Crippen molar-refractivity contribution < 1.29 is 19.0 Å². The molecule has 3 heterocycles. The maximum absolute atomic E-state index is 15.0. The number of H-pyrrole nitrogens is 2. The van der Waals surface area contributed by atoms with Crippen LogP contribution in [0.15, 0.2) is 67.0 Å². The molecule has 1 saturated heterocycles. The minimum Gasteiger partial charge on any atom is -0.478 e. The third-order valence-corrected chi connectivity index (χ3v) is 6.82. The minimum absolute atomic E-state index is 0.145. The number of hydrogen-bond donors (Lipinski definition) is 3. The summed E-state index contributed by atoms with van der Waals surface area (Å²) in [4.78, 5) is 20.7. The van der Waals surface area contributed by atoms with E-state index in [4.69, 9.17) is 4.74 Å². The molecule has 184 valence electrons. The molecular formula is C30H24FN3O3. The van der Waals surface area contributed by atoms with Crippen LogP contribution in [0.5, 0.6) is 0 Å². The summed E-state index contributed by atoms with van der Waals surface area (Å²) < 4.78 is 20.5. The topological polar surface area (TPSA) is 81.3 Å². The van der Waals surface area contributed by atoms with Crippen molar-refractivity contribution in [2.75, 3.05) is 26.3 Å². The second-order valence-corrected chi connectivity index (χ2v) is 9.14. The van der Waals surface area contributed by atoms with Crippen LogP contribution in [0.2, 0.25) is 0 Å². The van der Waals surface area contributed by atoms with Gasteiger partial charge in [-0.3, -0.25) is 4.90 Å². The van der Waals surface area contributed by atoms with Crippen molar-refractivity contribution in [3.8, 4) is 23.0 Å². The van der Waals surface area contributed by atoms with Crippen LogP contribution in [0.3, 0.4) is 0 Å². The summed E-state index contributed by atoms with van der Waals surface area (Å²) >= 11 is 0. The molecule has 1 aliphatic heterocycles. The predicted molar refractivity (Wildman–Crippen MR) is 141 cm³/mol. The van der Waals surface area contributed by atoms with Crippen LogP contribution < -0.4 is 0 Å². The lowest BCUT2D eigenvalue weighted by Gasteiger charge is -2.26. The van der Waals surface area contributed by atoms with Crippen LogP contribution in [-0.2, 0) is 11.3 Å². The van der Waals surface area contributed by atoms with Gasteiger partial charge in [-0.25, -0.2) is 9.18 Å². The fourth-order valence-corrected chi connectivity index (χ4v) is 4.91. The van der Waals surface area contributed by atoms with Gasteiger partial charge in [0.15, 0.2) is 0 Å². The van der Waals surface area contributed by atoms with Gasteiger partial charge in [0.05, 0.1) is 24.3 Å². The van der Waals surface area contributed by atoms with E-state index in [9.17, 15) is 9.90 Å². The summed E-state index contributed by atoms with van der Waals surface area (Å²) in [7, 11) is 0. The van der Waals surface area contributed by atoms with Crippen LogP contribution in [0.25, 0.3) is 32.9 Å². The van der Waals surface area contributed by atoms with E-state index < -0.39 is 11.8 Å². The van der Waals surface area contributed by atoms with E-state index in [1.165, 1.54) is 6.07 Å². The summed E-state index contributed by atoms with van der Waals surface area (Å²) in [6, 6.07) is 15.9. The first-order valence-corrected chi connectivity index (χ1v) is 12.1. The Hall–Kier alpha value is -4.38. The Kier molecular flexibility index (Phi) is 5.97. The molecule has 0 spiro atoms. The Morgan fingerprint density at radius 2 is 1.84 bits per heavy atom. The van der Waals surface area contributed by atoms with Gasteiger partial charge >= 0.3 is 5.97 Å². The average molecular weight is 494 g/mol. The lowest BCUT2D eigenvalue weighted by Crippen LogP contribution is -2.35. The van der Waals surface area contributed by atoms with E-state index in [-0.39, 0.29) is 11.1 Å². The van der Waals surface area contributed by atoms with Gasteiger partial charge in [0.2, 0.25) is 0 Å². The van der Waals surface area contributed by atoms with Crippen LogP contribution in [0, 0.1) is 17.7 Å². The minimum atomic E-state index is -1.04. The molecule has 1 fully saturated rings. The predicted octanol–water partition coefficient (Wildman–Crippen LogP) is 5.39. The number of hydrogen-bond acceptors (Lipinski definition) is 3. The van der Waals surface area contributed by atoms with E-state index in [1.807, 2.05) is 36.7 Å². The van der Waals surface area contributed by atoms with Crippen LogP contribution in [0.4, 0.5) is 4.39 Å². The Bertz CT molecular complexity index is 1700. The smallest absolute Gasteiger partial charge is 0.336 e. The molecule has 0 radical (unpaired) electrons. The number of fused-ring (bicyclic) bond motifs is 2. The first-order chi connectivity index (χ1) is 18.1. The number of carboxylic acids is 1. The highest BCUT2D eigenvalue weighted by molar-refractivity contribution is 5.99. The van der Waals surface area contributed by atoms with Crippen molar-refractivity contribution in [2.24, 2.45) is 0 Å². The van der Waals surface area contributed by atoms with Gasteiger partial charge in [0.25, 0.3) is 0 Å². The highest BCUT2D eigenvalue weighted by Crippen LogP contribution is 2.30. The molecule has 0 bridgehead atoms. The summed E-state index contributed by atoms with van der Waals surface area (Å²) in [6.45, 7) is 3.88. The second-order valence-electron chi connectivity index (χ2n) is 9.14. The molecule has 7 heteroatoms. The fraction of sp³-hybridized carbons (Fsp3) is 0.167. The normalized spacial score (nSPS) is 14.1. The Labute approximate surface area is 212 Å². The van der Waals surface area contributed by atoms with Crippen molar-refractivity contribution in [1.29, 1.82) is 0 Å². The molecule has 6 nitrogen and oxygen atoms in total. The number of rotatable bonds is 4. The third kappa shape index (κ3) is 4.49. The van der Waals surface area contributed by atoms with Crippen LogP contribution >= 0.6 is 0 Å². The summed E-state index contributed by atoms with van der Waals surface area (Å²) in [5.74, 6) is 4.57. The molecular weight excluding hydrogens is 469 g/mol. The number of benzene rings is 3. The van der Waals surface area contributed by atoms with Gasteiger partial charge in [-0.1, -0.05) is 30.0 Å². The van der Waals surface area contributed by atoms with E-state index in [0.717, 1.165) is 52.6 Å². The number of aromatic amines is 2. The molecule has 1 aliphatic rings. The molecule has 0 unspecified atom stereocenters. The summed E-state index contributed by atoms with van der Waals surface area (Å²) in [5.41, 5.74) is 4.86. The van der Waals surface area contributed by atoms with Crippen LogP contribution in [0.1, 0.15) is 27.0 Å². The van der Waals surface area contributed by atoms with Crippen molar-refractivity contribution in [3.63, 3.8) is 0 Å².